The second kappa shape index (κ2) is 8.41. The van der Waals surface area contributed by atoms with Gasteiger partial charge in [-0.2, -0.15) is 4.99 Å². The summed E-state index contributed by atoms with van der Waals surface area (Å²) < 4.78 is 19.1. The molecule has 0 atom stereocenters. The molecule has 0 aliphatic rings. The van der Waals surface area contributed by atoms with E-state index in [9.17, 15) is 9.18 Å². The molecule has 0 saturated heterocycles. The molecular formula is C19H15Cl2FN4O2. The van der Waals surface area contributed by atoms with E-state index < -0.39 is 11.7 Å². The molecule has 1 aromatic heterocycles. The minimum atomic E-state index is -0.703. The lowest BCUT2D eigenvalue weighted by atomic mass is 10.1. The minimum absolute atomic E-state index is 0.0423. The normalized spacial score (nSPS) is 11.5. The topological polar surface area (TPSA) is 93.5 Å². The van der Waals surface area contributed by atoms with E-state index in [1.807, 2.05) is 0 Å². The van der Waals surface area contributed by atoms with Gasteiger partial charge >= 0.3 is 0 Å². The van der Waals surface area contributed by atoms with E-state index in [1.165, 1.54) is 25.1 Å². The Morgan fingerprint density at radius 2 is 1.93 bits per heavy atom. The van der Waals surface area contributed by atoms with Gasteiger partial charge in [-0.05, 0) is 42.8 Å². The fraction of sp³-hybridized carbons (Fsp3) is 0.105. The van der Waals surface area contributed by atoms with Gasteiger partial charge in [0.05, 0.1) is 0 Å². The number of carbonyl (C=O) groups excluding carboxylic acids is 1. The maximum atomic E-state index is 14.1. The van der Waals surface area contributed by atoms with Crippen LogP contribution in [-0.2, 0) is 6.54 Å². The fourth-order valence-corrected chi connectivity index (χ4v) is 3.14. The third kappa shape index (κ3) is 4.49. The van der Waals surface area contributed by atoms with Crippen molar-refractivity contribution in [3.05, 3.63) is 75.2 Å². The lowest BCUT2D eigenvalue weighted by Gasteiger charge is -2.07. The first kappa shape index (κ1) is 19.9. The molecule has 0 bridgehead atoms. The Morgan fingerprint density at radius 1 is 1.25 bits per heavy atom. The second-order valence-electron chi connectivity index (χ2n) is 5.88. The van der Waals surface area contributed by atoms with Gasteiger partial charge in [0.15, 0.2) is 5.96 Å². The highest BCUT2D eigenvalue weighted by Gasteiger charge is 2.23. The van der Waals surface area contributed by atoms with Crippen molar-refractivity contribution in [3.63, 3.8) is 0 Å². The molecule has 144 valence electrons. The molecule has 0 aliphatic carbocycles. The van der Waals surface area contributed by atoms with Crippen LogP contribution in [0.25, 0.3) is 11.3 Å². The zero-order valence-corrected chi connectivity index (χ0v) is 16.2. The highest BCUT2D eigenvalue weighted by molar-refractivity contribution is 6.34. The van der Waals surface area contributed by atoms with E-state index in [4.69, 9.17) is 33.5 Å². The predicted octanol–water partition coefficient (Wildman–Crippen LogP) is 4.34. The van der Waals surface area contributed by atoms with Crippen molar-refractivity contribution in [2.24, 2.45) is 10.7 Å². The minimum Gasteiger partial charge on any atom is -0.370 e. The molecule has 0 aliphatic heterocycles. The molecule has 0 unspecified atom stereocenters. The number of nitrogens with two attached hydrogens (primary N) is 1. The molecule has 6 nitrogen and oxygen atoms in total. The molecule has 3 rings (SSSR count). The lowest BCUT2D eigenvalue weighted by molar-refractivity contribution is 0.100. The number of amides is 1. The molecule has 1 amide bonds. The Balaban J connectivity index is 1.81. The number of hydrogen-bond acceptors (Lipinski definition) is 3. The van der Waals surface area contributed by atoms with Crippen molar-refractivity contribution < 1.29 is 13.7 Å². The van der Waals surface area contributed by atoms with Crippen molar-refractivity contribution in [1.82, 2.24) is 10.5 Å². The van der Waals surface area contributed by atoms with Crippen LogP contribution in [0.4, 0.5) is 4.39 Å². The van der Waals surface area contributed by atoms with Crippen LogP contribution in [0.1, 0.15) is 21.7 Å². The molecule has 0 radical (unpaired) electrons. The van der Waals surface area contributed by atoms with Crippen LogP contribution >= 0.6 is 23.2 Å². The molecule has 0 fully saturated rings. The second-order valence-corrected chi connectivity index (χ2v) is 6.75. The van der Waals surface area contributed by atoms with Crippen LogP contribution in [0.5, 0.6) is 0 Å². The first-order chi connectivity index (χ1) is 13.3. The van der Waals surface area contributed by atoms with E-state index in [1.54, 1.807) is 24.3 Å². The number of nitrogens with zero attached hydrogens (tertiary/aromatic N) is 2. The first-order valence-electron chi connectivity index (χ1n) is 8.13. The van der Waals surface area contributed by atoms with E-state index in [-0.39, 0.29) is 35.1 Å². The number of guanidine groups is 1. The van der Waals surface area contributed by atoms with E-state index in [0.29, 0.717) is 10.0 Å². The van der Waals surface area contributed by atoms with Gasteiger partial charge in [0.25, 0.3) is 5.91 Å². The van der Waals surface area contributed by atoms with Crippen LogP contribution in [-0.4, -0.2) is 17.0 Å². The smallest absolute Gasteiger partial charge is 0.286 e. The predicted molar refractivity (Wildman–Crippen MR) is 106 cm³/mol. The number of carbonyl (C=O) groups is 1. The maximum absolute atomic E-state index is 14.1. The summed E-state index contributed by atoms with van der Waals surface area (Å²) in [4.78, 5) is 16.4. The zero-order valence-electron chi connectivity index (χ0n) is 14.7. The Labute approximate surface area is 170 Å². The van der Waals surface area contributed by atoms with Gasteiger partial charge < -0.3 is 15.6 Å². The number of nitrogens with one attached hydrogen (secondary N) is 1. The van der Waals surface area contributed by atoms with Crippen molar-refractivity contribution in [2.45, 2.75) is 13.5 Å². The summed E-state index contributed by atoms with van der Waals surface area (Å²) in [5.74, 6) is -1.15. The summed E-state index contributed by atoms with van der Waals surface area (Å²) in [7, 11) is 0. The van der Waals surface area contributed by atoms with Crippen molar-refractivity contribution in [1.29, 1.82) is 0 Å². The van der Waals surface area contributed by atoms with Gasteiger partial charge in [-0.1, -0.05) is 40.5 Å². The first-order valence-corrected chi connectivity index (χ1v) is 8.89. The fourth-order valence-electron chi connectivity index (χ4n) is 2.57. The van der Waals surface area contributed by atoms with E-state index >= 15 is 0 Å². The number of aryl methyl sites for hydroxylation is 1. The zero-order chi connectivity index (χ0) is 20.3. The average molecular weight is 421 g/mol. The molecular weight excluding hydrogens is 406 g/mol. The Kier molecular flexibility index (Phi) is 5.96. The van der Waals surface area contributed by atoms with E-state index in [2.05, 4.69) is 15.5 Å². The third-order valence-corrected chi connectivity index (χ3v) is 4.26. The van der Waals surface area contributed by atoms with Crippen LogP contribution in [0, 0.1) is 12.7 Å². The van der Waals surface area contributed by atoms with Crippen LogP contribution in [0.3, 0.4) is 0 Å². The lowest BCUT2D eigenvalue weighted by Crippen LogP contribution is -2.32. The summed E-state index contributed by atoms with van der Waals surface area (Å²) in [6.07, 6.45) is 0. The molecule has 0 spiro atoms. The number of rotatable bonds is 4. The maximum Gasteiger partial charge on any atom is 0.286 e. The molecule has 28 heavy (non-hydrogen) atoms. The largest absolute Gasteiger partial charge is 0.370 e. The molecule has 3 N–H and O–H groups in total. The molecule has 0 saturated carbocycles. The summed E-state index contributed by atoms with van der Waals surface area (Å²) >= 11 is 11.9. The molecule has 2 aromatic carbocycles. The van der Waals surface area contributed by atoms with Gasteiger partial charge in [0.1, 0.15) is 22.8 Å². The number of benzene rings is 2. The number of hydrogen-bond donors (Lipinski definition) is 2. The van der Waals surface area contributed by atoms with Gasteiger partial charge in [-0.25, -0.2) is 4.39 Å². The SMILES string of the molecule is Cc1onc(-c2ccccc2F)c1C(=O)N=C(N)NCc1cc(Cl)cc(Cl)c1. The Morgan fingerprint density at radius 3 is 2.61 bits per heavy atom. The van der Waals surface area contributed by atoms with Gasteiger partial charge in [0.2, 0.25) is 0 Å². The van der Waals surface area contributed by atoms with Crippen LogP contribution < -0.4 is 11.1 Å². The van der Waals surface area contributed by atoms with Gasteiger partial charge in [-0.3, -0.25) is 4.79 Å². The molecule has 3 aromatic rings. The third-order valence-electron chi connectivity index (χ3n) is 3.82. The van der Waals surface area contributed by atoms with Crippen molar-refractivity contribution in [2.75, 3.05) is 0 Å². The number of halogens is 3. The summed E-state index contributed by atoms with van der Waals surface area (Å²) in [5, 5.41) is 7.55. The monoisotopic (exact) mass is 420 g/mol. The summed E-state index contributed by atoms with van der Waals surface area (Å²) in [6.45, 7) is 1.80. The van der Waals surface area contributed by atoms with Gasteiger partial charge in [0, 0.05) is 22.2 Å². The highest BCUT2D eigenvalue weighted by Crippen LogP contribution is 2.28. The van der Waals surface area contributed by atoms with E-state index in [0.717, 1.165) is 5.56 Å². The summed E-state index contributed by atoms with van der Waals surface area (Å²) in [6, 6.07) is 10.9. The molecule has 9 heteroatoms. The Bertz CT molecular complexity index is 1050. The Hall–Kier alpha value is -2.90. The van der Waals surface area contributed by atoms with Gasteiger partial charge in [-0.15, -0.1) is 0 Å². The molecule has 1 heterocycles. The number of aromatic nitrogens is 1. The average Bonchev–Trinajstić information content (AvgIpc) is 3.01. The summed E-state index contributed by atoms with van der Waals surface area (Å²) in [5.41, 5.74) is 6.81. The standard InChI is InChI=1S/C19H15Cl2FN4O2/c1-10-16(17(26-28-10)14-4-2-3-5-15(14)22)18(27)25-19(23)24-9-11-6-12(20)8-13(21)7-11/h2-8H,9H2,1H3,(H3,23,24,25,27). The van der Waals surface area contributed by atoms with Crippen LogP contribution in [0.2, 0.25) is 10.0 Å². The van der Waals surface area contributed by atoms with Crippen molar-refractivity contribution >= 4 is 35.1 Å². The van der Waals surface area contributed by atoms with Crippen LogP contribution in [0.15, 0.2) is 52.0 Å². The van der Waals surface area contributed by atoms with Crippen molar-refractivity contribution in [3.8, 4) is 11.3 Å². The highest BCUT2D eigenvalue weighted by atomic mass is 35.5. The number of aliphatic imine (C=N–C) groups is 1. The quantitative estimate of drug-likeness (QED) is 0.483.